The number of nitrogens with one attached hydrogen (secondary N) is 1. The van der Waals surface area contributed by atoms with E-state index in [0.29, 0.717) is 10.9 Å². The molecule has 0 saturated heterocycles. The van der Waals surface area contributed by atoms with E-state index < -0.39 is 57.5 Å². The number of phenolic OH excluding ortho intramolecular Hbond substituents is 1. The molecule has 5 rings (SSSR count). The van der Waals surface area contributed by atoms with Crippen LogP contribution in [0.1, 0.15) is 20.7 Å². The fourth-order valence-electron chi connectivity index (χ4n) is 4.16. The predicted molar refractivity (Wildman–Crippen MR) is 127 cm³/mol. The maximum Gasteiger partial charge on any atom is 0.336 e. The van der Waals surface area contributed by atoms with E-state index >= 15 is 0 Å². The number of fused-ring (bicyclic) bond motifs is 2. The Labute approximate surface area is 213 Å². The number of halogens is 5. The van der Waals surface area contributed by atoms with E-state index in [-0.39, 0.29) is 33.9 Å². The van der Waals surface area contributed by atoms with Gasteiger partial charge in [-0.15, -0.1) is 0 Å². The Kier molecular flexibility index (Phi) is 6.02. The lowest BCUT2D eigenvalue weighted by molar-refractivity contribution is 0.0697. The minimum absolute atomic E-state index is 0.0619. The standard InChI is InChI=1S/C27H12F5NO6/c28-21-20(22(29)24(31)25(32)23(21)30)26(36)33-10-1-4-13(16(7-10)27(37)38)19-14-5-2-11(34)8-17(14)39-18-9-12(35)3-6-15(18)19/h1-9,34H,(H,33,36)(H,37,38). The fourth-order valence-corrected chi connectivity index (χ4v) is 4.16. The van der Waals surface area contributed by atoms with Crippen LogP contribution in [0.3, 0.4) is 0 Å². The molecule has 0 saturated carbocycles. The Balaban J connectivity index is 1.67. The number of carboxylic acid groups (broad SMARTS) is 1. The van der Waals surface area contributed by atoms with Crippen molar-refractivity contribution in [1.29, 1.82) is 0 Å². The summed E-state index contributed by atoms with van der Waals surface area (Å²) in [5.41, 5.74) is -2.13. The number of phenols is 1. The summed E-state index contributed by atoms with van der Waals surface area (Å²) in [4.78, 5) is 36.6. The summed E-state index contributed by atoms with van der Waals surface area (Å²) in [7, 11) is 0. The molecule has 12 heteroatoms. The number of amides is 1. The Bertz CT molecular complexity index is 1850. The van der Waals surface area contributed by atoms with Gasteiger partial charge in [0, 0.05) is 34.3 Å². The van der Waals surface area contributed by atoms with Crippen LogP contribution in [0.25, 0.3) is 33.4 Å². The minimum atomic E-state index is -2.44. The summed E-state index contributed by atoms with van der Waals surface area (Å²) in [5.74, 6) is -15.1. The lowest BCUT2D eigenvalue weighted by Gasteiger charge is -2.17. The summed E-state index contributed by atoms with van der Waals surface area (Å²) in [6.07, 6.45) is 0. The summed E-state index contributed by atoms with van der Waals surface area (Å²) in [6, 6.07) is 11.2. The number of rotatable bonds is 4. The summed E-state index contributed by atoms with van der Waals surface area (Å²) < 4.78 is 74.3. The van der Waals surface area contributed by atoms with Crippen molar-refractivity contribution in [3.63, 3.8) is 0 Å². The first-order valence-corrected chi connectivity index (χ1v) is 10.9. The predicted octanol–water partition coefficient (Wildman–Crippen LogP) is 5.92. The average molecular weight is 541 g/mol. The molecule has 3 aromatic carbocycles. The van der Waals surface area contributed by atoms with Crippen molar-refractivity contribution in [3.05, 3.63) is 105 Å². The molecule has 2 aliphatic rings. The fraction of sp³-hybridized carbons (Fsp3) is 0. The van der Waals surface area contributed by atoms with E-state index in [0.717, 1.165) is 12.1 Å². The van der Waals surface area contributed by atoms with E-state index in [9.17, 15) is 46.5 Å². The van der Waals surface area contributed by atoms with E-state index in [1.807, 2.05) is 5.32 Å². The van der Waals surface area contributed by atoms with Gasteiger partial charge in [-0.1, -0.05) is 6.07 Å². The van der Waals surface area contributed by atoms with Gasteiger partial charge < -0.3 is 19.9 Å². The van der Waals surface area contributed by atoms with Gasteiger partial charge in [-0.05, 0) is 42.0 Å². The molecule has 0 aromatic heterocycles. The molecule has 1 heterocycles. The highest BCUT2D eigenvalue weighted by Gasteiger charge is 2.30. The van der Waals surface area contributed by atoms with Gasteiger partial charge in [0.25, 0.3) is 5.91 Å². The molecule has 3 N–H and O–H groups in total. The molecule has 0 fully saturated rings. The molecule has 0 radical (unpaired) electrons. The summed E-state index contributed by atoms with van der Waals surface area (Å²) in [5, 5.41) is 22.1. The van der Waals surface area contributed by atoms with Crippen molar-refractivity contribution in [2.45, 2.75) is 0 Å². The van der Waals surface area contributed by atoms with Crippen LogP contribution >= 0.6 is 0 Å². The number of hydrogen-bond acceptors (Lipinski definition) is 5. The molecular weight excluding hydrogens is 529 g/mol. The zero-order valence-corrected chi connectivity index (χ0v) is 19.1. The zero-order chi connectivity index (χ0) is 28.2. The first-order valence-electron chi connectivity index (χ1n) is 10.9. The second kappa shape index (κ2) is 9.24. The third-order valence-corrected chi connectivity index (χ3v) is 5.89. The lowest BCUT2D eigenvalue weighted by Crippen LogP contribution is -2.19. The quantitative estimate of drug-likeness (QED) is 0.113. The van der Waals surface area contributed by atoms with E-state index in [2.05, 4.69) is 0 Å². The number of carboxylic acids is 1. The van der Waals surface area contributed by atoms with Crippen molar-refractivity contribution in [2.24, 2.45) is 0 Å². The van der Waals surface area contributed by atoms with Crippen LogP contribution in [0, 0.1) is 29.1 Å². The summed E-state index contributed by atoms with van der Waals surface area (Å²) >= 11 is 0. The maximum atomic E-state index is 14.1. The van der Waals surface area contributed by atoms with E-state index in [4.69, 9.17) is 4.42 Å². The molecule has 1 aliphatic heterocycles. The number of aromatic hydroxyl groups is 1. The normalized spacial score (nSPS) is 11.2. The molecule has 0 spiro atoms. The Morgan fingerprint density at radius 3 is 2.08 bits per heavy atom. The number of anilines is 1. The number of hydrogen-bond donors (Lipinski definition) is 3. The van der Waals surface area contributed by atoms with Crippen molar-refractivity contribution >= 4 is 28.5 Å². The molecule has 1 aliphatic carbocycles. The molecular formula is C27H12F5NO6. The van der Waals surface area contributed by atoms with E-state index in [1.54, 1.807) is 0 Å². The third kappa shape index (κ3) is 4.21. The average Bonchev–Trinajstić information content (AvgIpc) is 2.89. The number of carbonyl (C=O) groups excluding carboxylic acids is 1. The largest absolute Gasteiger partial charge is 0.508 e. The van der Waals surface area contributed by atoms with Crippen LogP contribution in [0.15, 0.2) is 63.8 Å². The van der Waals surface area contributed by atoms with Gasteiger partial charge in [0.1, 0.15) is 22.7 Å². The van der Waals surface area contributed by atoms with Crippen LogP contribution in [0.4, 0.5) is 27.6 Å². The smallest absolute Gasteiger partial charge is 0.336 e. The van der Waals surface area contributed by atoms with Crippen molar-refractivity contribution < 1.29 is 46.2 Å². The van der Waals surface area contributed by atoms with Crippen LogP contribution in [-0.2, 0) is 0 Å². The van der Waals surface area contributed by atoms with Crippen molar-refractivity contribution in [3.8, 4) is 28.2 Å². The second-order valence-corrected chi connectivity index (χ2v) is 8.28. The topological polar surface area (TPSA) is 117 Å². The van der Waals surface area contributed by atoms with Crippen LogP contribution in [0.5, 0.6) is 5.75 Å². The second-order valence-electron chi connectivity index (χ2n) is 8.28. The molecule has 7 nitrogen and oxygen atoms in total. The number of aromatic carboxylic acids is 1. The lowest BCUT2D eigenvalue weighted by atomic mass is 9.90. The van der Waals surface area contributed by atoms with Crippen LogP contribution in [-0.4, -0.2) is 22.1 Å². The minimum Gasteiger partial charge on any atom is -0.508 e. The molecule has 1 amide bonds. The van der Waals surface area contributed by atoms with Gasteiger partial charge in [0.2, 0.25) is 5.82 Å². The van der Waals surface area contributed by atoms with Gasteiger partial charge in [-0.2, -0.15) is 0 Å². The zero-order valence-electron chi connectivity index (χ0n) is 19.1. The summed E-state index contributed by atoms with van der Waals surface area (Å²) in [6.45, 7) is 0. The Hall–Kier alpha value is -5.26. The first-order chi connectivity index (χ1) is 18.5. The molecule has 0 unspecified atom stereocenters. The highest BCUT2D eigenvalue weighted by molar-refractivity contribution is 6.09. The number of benzene rings is 4. The molecule has 0 bridgehead atoms. The molecule has 3 aromatic rings. The van der Waals surface area contributed by atoms with E-state index in [1.165, 1.54) is 42.5 Å². The highest BCUT2D eigenvalue weighted by atomic mass is 19.2. The van der Waals surface area contributed by atoms with Gasteiger partial charge in [-0.25, -0.2) is 26.7 Å². The molecule has 196 valence electrons. The highest BCUT2D eigenvalue weighted by Crippen LogP contribution is 2.42. The Morgan fingerprint density at radius 2 is 1.41 bits per heavy atom. The SMILES string of the molecule is O=C(O)c1cc(NC(=O)c2c(F)c(F)c(F)c(F)c2F)ccc1-c1c2ccc(=O)cc-2oc2cc(O)ccc12. The third-order valence-electron chi connectivity index (χ3n) is 5.89. The van der Waals surface area contributed by atoms with Crippen molar-refractivity contribution in [2.75, 3.05) is 5.32 Å². The Morgan fingerprint density at radius 1 is 0.769 bits per heavy atom. The van der Waals surface area contributed by atoms with Crippen molar-refractivity contribution in [1.82, 2.24) is 0 Å². The first kappa shape index (κ1) is 25.4. The van der Waals surface area contributed by atoms with Crippen LogP contribution < -0.4 is 10.7 Å². The number of carbonyl (C=O) groups is 2. The maximum absolute atomic E-state index is 14.1. The van der Waals surface area contributed by atoms with Gasteiger partial charge in [-0.3, -0.25) is 9.59 Å². The molecule has 39 heavy (non-hydrogen) atoms. The van der Waals surface area contributed by atoms with Gasteiger partial charge in [0.05, 0.1) is 5.56 Å². The van der Waals surface area contributed by atoms with Gasteiger partial charge >= 0.3 is 5.97 Å². The monoisotopic (exact) mass is 541 g/mol. The van der Waals surface area contributed by atoms with Gasteiger partial charge in [0.15, 0.2) is 28.7 Å². The van der Waals surface area contributed by atoms with Crippen LogP contribution in [0.2, 0.25) is 0 Å². The molecule has 0 atom stereocenters.